The molecule has 0 spiro atoms. The van der Waals surface area contributed by atoms with E-state index >= 15 is 0 Å². The lowest BCUT2D eigenvalue weighted by Gasteiger charge is -2.42. The second kappa shape index (κ2) is 5.09. The second-order valence-corrected chi connectivity index (χ2v) is 6.93. The van der Waals surface area contributed by atoms with Crippen molar-refractivity contribution in [3.8, 4) is 0 Å². The molecule has 1 unspecified atom stereocenters. The molecule has 0 aromatic rings. The van der Waals surface area contributed by atoms with Crippen molar-refractivity contribution in [1.82, 2.24) is 0 Å². The molecule has 0 radical (unpaired) electrons. The molecule has 90 valence electrons. The van der Waals surface area contributed by atoms with Gasteiger partial charge in [-0.15, -0.1) is 0 Å². The maximum absolute atomic E-state index is 10.6. The molecule has 1 fully saturated rings. The molecule has 1 saturated heterocycles. The maximum atomic E-state index is 10.6. The Morgan fingerprint density at radius 2 is 1.80 bits per heavy atom. The molecule has 0 aromatic carbocycles. The number of rotatable bonds is 4. The average Bonchev–Trinajstić information content (AvgIpc) is 2.12. The predicted octanol–water partition coefficient (Wildman–Crippen LogP) is 3.71. The topological polar surface area (TPSA) is 20.2 Å². The summed E-state index contributed by atoms with van der Waals surface area (Å²) in [5.74, 6) is 2.83. The van der Waals surface area contributed by atoms with Crippen molar-refractivity contribution < 1.29 is 5.11 Å². The first-order chi connectivity index (χ1) is 6.91. The van der Waals surface area contributed by atoms with Crippen LogP contribution in [0.15, 0.2) is 0 Å². The molecule has 0 saturated carbocycles. The zero-order valence-corrected chi connectivity index (χ0v) is 11.5. The number of thioether (sulfide) groups is 1. The van der Waals surface area contributed by atoms with E-state index < -0.39 is 5.60 Å². The van der Waals surface area contributed by atoms with Gasteiger partial charge in [0.05, 0.1) is 5.60 Å². The summed E-state index contributed by atoms with van der Waals surface area (Å²) in [6.45, 7) is 9.02. The molecule has 0 aliphatic carbocycles. The van der Waals surface area contributed by atoms with Gasteiger partial charge in [-0.3, -0.25) is 0 Å². The van der Waals surface area contributed by atoms with E-state index in [1.807, 2.05) is 11.8 Å². The Hall–Kier alpha value is 0.310. The zero-order chi connectivity index (χ0) is 11.5. The minimum atomic E-state index is -0.400. The van der Waals surface area contributed by atoms with E-state index in [4.69, 9.17) is 0 Å². The van der Waals surface area contributed by atoms with Crippen LogP contribution in [-0.4, -0.2) is 22.2 Å². The summed E-state index contributed by atoms with van der Waals surface area (Å²) in [4.78, 5) is 0. The van der Waals surface area contributed by atoms with Crippen LogP contribution < -0.4 is 0 Å². The molecule has 1 rings (SSSR count). The van der Waals surface area contributed by atoms with Crippen LogP contribution in [-0.2, 0) is 0 Å². The first-order valence-corrected chi connectivity index (χ1v) is 7.36. The Bertz CT molecular complexity index is 199. The summed E-state index contributed by atoms with van der Waals surface area (Å²) in [7, 11) is 0. The van der Waals surface area contributed by atoms with Gasteiger partial charge in [-0.1, -0.05) is 40.5 Å². The molecule has 1 aliphatic heterocycles. The second-order valence-electron chi connectivity index (χ2n) is 5.94. The van der Waals surface area contributed by atoms with Gasteiger partial charge < -0.3 is 5.11 Å². The maximum Gasteiger partial charge on any atom is 0.0745 e. The lowest BCUT2D eigenvalue weighted by Crippen LogP contribution is -2.43. The summed E-state index contributed by atoms with van der Waals surface area (Å²) >= 11 is 1.92. The predicted molar refractivity (Wildman–Crippen MR) is 69.4 cm³/mol. The fourth-order valence-electron chi connectivity index (χ4n) is 2.76. The highest BCUT2D eigenvalue weighted by atomic mass is 32.2. The third-order valence-electron chi connectivity index (χ3n) is 3.49. The standard InChI is InChI=1S/C13H26OS/c1-5-11(6-2)7-13(14)8-12(3,4)9-15-10-13/h11,14H,5-10H2,1-4H3. The summed E-state index contributed by atoms with van der Waals surface area (Å²) in [5, 5.41) is 10.6. The molecular formula is C13H26OS. The van der Waals surface area contributed by atoms with Crippen molar-refractivity contribution in [3.05, 3.63) is 0 Å². The lowest BCUT2D eigenvalue weighted by molar-refractivity contribution is -0.00298. The molecular weight excluding hydrogens is 204 g/mol. The fraction of sp³-hybridized carbons (Fsp3) is 1.00. The Kier molecular flexibility index (Phi) is 4.54. The molecule has 1 aliphatic rings. The average molecular weight is 230 g/mol. The van der Waals surface area contributed by atoms with Crippen molar-refractivity contribution in [2.24, 2.45) is 11.3 Å². The Labute approximate surface area is 99.0 Å². The SMILES string of the molecule is CCC(CC)CC1(O)CSCC(C)(C)C1. The summed E-state index contributed by atoms with van der Waals surface area (Å²) in [6.07, 6.45) is 4.37. The highest BCUT2D eigenvalue weighted by Gasteiger charge is 2.39. The summed E-state index contributed by atoms with van der Waals surface area (Å²) in [6, 6.07) is 0. The summed E-state index contributed by atoms with van der Waals surface area (Å²) < 4.78 is 0. The molecule has 1 atom stereocenters. The zero-order valence-electron chi connectivity index (χ0n) is 10.7. The van der Waals surface area contributed by atoms with Crippen molar-refractivity contribution in [1.29, 1.82) is 0 Å². The van der Waals surface area contributed by atoms with Crippen LogP contribution in [0.4, 0.5) is 0 Å². The van der Waals surface area contributed by atoms with E-state index in [1.165, 1.54) is 18.6 Å². The highest BCUT2D eigenvalue weighted by molar-refractivity contribution is 7.99. The minimum Gasteiger partial charge on any atom is -0.389 e. The number of hydrogen-bond acceptors (Lipinski definition) is 2. The van der Waals surface area contributed by atoms with E-state index in [1.54, 1.807) is 0 Å². The first kappa shape index (κ1) is 13.4. The van der Waals surface area contributed by atoms with Gasteiger partial charge in [-0.2, -0.15) is 11.8 Å². The van der Waals surface area contributed by atoms with Crippen molar-refractivity contribution in [2.45, 2.75) is 59.0 Å². The monoisotopic (exact) mass is 230 g/mol. The van der Waals surface area contributed by atoms with Crippen LogP contribution in [0.1, 0.15) is 53.4 Å². The van der Waals surface area contributed by atoms with Gasteiger partial charge in [0.25, 0.3) is 0 Å². The fourth-order valence-corrected chi connectivity index (χ4v) is 4.11. The Balaban J connectivity index is 2.57. The van der Waals surface area contributed by atoms with Gasteiger partial charge in [0.2, 0.25) is 0 Å². The Morgan fingerprint density at radius 3 is 2.27 bits per heavy atom. The molecule has 0 amide bonds. The van der Waals surface area contributed by atoms with E-state index in [0.717, 1.165) is 18.6 Å². The molecule has 15 heavy (non-hydrogen) atoms. The highest BCUT2D eigenvalue weighted by Crippen LogP contribution is 2.42. The quantitative estimate of drug-likeness (QED) is 0.794. The van der Waals surface area contributed by atoms with Gasteiger partial charge >= 0.3 is 0 Å². The lowest BCUT2D eigenvalue weighted by atomic mass is 9.77. The van der Waals surface area contributed by atoms with Gasteiger partial charge in [0.15, 0.2) is 0 Å². The van der Waals surface area contributed by atoms with Gasteiger partial charge in [0.1, 0.15) is 0 Å². The number of aliphatic hydroxyl groups is 1. The molecule has 1 N–H and O–H groups in total. The van der Waals surface area contributed by atoms with Crippen LogP contribution in [0.3, 0.4) is 0 Å². The van der Waals surface area contributed by atoms with E-state index in [9.17, 15) is 5.11 Å². The number of hydrogen-bond donors (Lipinski definition) is 1. The van der Waals surface area contributed by atoms with Crippen molar-refractivity contribution in [2.75, 3.05) is 11.5 Å². The van der Waals surface area contributed by atoms with Crippen LogP contribution >= 0.6 is 11.8 Å². The molecule has 1 heterocycles. The van der Waals surface area contributed by atoms with Crippen LogP contribution in [0.25, 0.3) is 0 Å². The van der Waals surface area contributed by atoms with Crippen LogP contribution in [0, 0.1) is 11.3 Å². The molecule has 2 heteroatoms. The normalized spacial score (nSPS) is 30.8. The van der Waals surface area contributed by atoms with Crippen LogP contribution in [0.2, 0.25) is 0 Å². The van der Waals surface area contributed by atoms with Crippen molar-refractivity contribution in [3.63, 3.8) is 0 Å². The van der Waals surface area contributed by atoms with E-state index in [-0.39, 0.29) is 0 Å². The van der Waals surface area contributed by atoms with Gasteiger partial charge in [-0.05, 0) is 29.9 Å². The summed E-state index contributed by atoms with van der Waals surface area (Å²) in [5.41, 5.74) is -0.0905. The Morgan fingerprint density at radius 1 is 1.20 bits per heavy atom. The van der Waals surface area contributed by atoms with Crippen LogP contribution in [0.5, 0.6) is 0 Å². The molecule has 0 aromatic heterocycles. The minimum absolute atomic E-state index is 0.309. The smallest absolute Gasteiger partial charge is 0.0745 e. The van der Waals surface area contributed by atoms with E-state index in [0.29, 0.717) is 11.3 Å². The largest absolute Gasteiger partial charge is 0.389 e. The van der Waals surface area contributed by atoms with Gasteiger partial charge in [-0.25, -0.2) is 0 Å². The van der Waals surface area contributed by atoms with E-state index in [2.05, 4.69) is 27.7 Å². The third-order valence-corrected chi connectivity index (χ3v) is 5.22. The first-order valence-electron chi connectivity index (χ1n) is 6.21. The van der Waals surface area contributed by atoms with Gasteiger partial charge in [0, 0.05) is 5.75 Å². The van der Waals surface area contributed by atoms with Crippen molar-refractivity contribution >= 4 is 11.8 Å². The third kappa shape index (κ3) is 3.99. The molecule has 0 bridgehead atoms. The molecule has 1 nitrogen and oxygen atoms in total.